The van der Waals surface area contributed by atoms with Gasteiger partial charge in [0.2, 0.25) is 10.0 Å². The standard InChI is InChI=1S/C15H23ClN2O4S/c1-11(10-21-2)22-14-6-5-12(16)8-15(14)23(19,20)18-7-3-4-13(17)9-18/h5-6,8,11,13H,3-4,7,9-10,17H2,1-2H3. The van der Waals surface area contributed by atoms with Gasteiger partial charge in [-0.05, 0) is 38.0 Å². The maximum Gasteiger partial charge on any atom is 0.246 e. The van der Waals surface area contributed by atoms with Gasteiger partial charge >= 0.3 is 0 Å². The molecule has 0 radical (unpaired) electrons. The Morgan fingerprint density at radius 2 is 2.22 bits per heavy atom. The molecule has 0 bridgehead atoms. The lowest BCUT2D eigenvalue weighted by Crippen LogP contribution is -2.45. The quantitative estimate of drug-likeness (QED) is 0.835. The fraction of sp³-hybridized carbons (Fsp3) is 0.600. The Morgan fingerprint density at radius 3 is 2.87 bits per heavy atom. The minimum absolute atomic E-state index is 0.0713. The molecule has 1 heterocycles. The minimum atomic E-state index is -3.71. The molecule has 8 heteroatoms. The van der Waals surface area contributed by atoms with Gasteiger partial charge in [-0.3, -0.25) is 0 Å². The number of halogens is 1. The minimum Gasteiger partial charge on any atom is -0.487 e. The van der Waals surface area contributed by atoms with E-state index < -0.39 is 10.0 Å². The van der Waals surface area contributed by atoms with Crippen molar-refractivity contribution in [2.75, 3.05) is 26.8 Å². The van der Waals surface area contributed by atoms with E-state index in [0.717, 1.165) is 12.8 Å². The second-order valence-corrected chi connectivity index (χ2v) is 8.08. The van der Waals surface area contributed by atoms with Crippen LogP contribution >= 0.6 is 11.6 Å². The number of ether oxygens (including phenoxy) is 2. The molecule has 1 aromatic rings. The van der Waals surface area contributed by atoms with E-state index in [2.05, 4.69) is 0 Å². The highest BCUT2D eigenvalue weighted by Gasteiger charge is 2.31. The molecule has 0 saturated carbocycles. The summed E-state index contributed by atoms with van der Waals surface area (Å²) in [7, 11) is -2.14. The van der Waals surface area contributed by atoms with E-state index in [4.69, 9.17) is 26.8 Å². The first-order chi connectivity index (χ1) is 10.8. The number of hydrogen-bond donors (Lipinski definition) is 1. The Hall–Kier alpha value is -0.860. The van der Waals surface area contributed by atoms with E-state index in [-0.39, 0.29) is 22.8 Å². The van der Waals surface area contributed by atoms with Gasteiger partial charge in [-0.2, -0.15) is 4.31 Å². The summed E-state index contributed by atoms with van der Waals surface area (Å²) in [5.41, 5.74) is 5.91. The summed E-state index contributed by atoms with van der Waals surface area (Å²) in [5, 5.41) is 0.344. The van der Waals surface area contributed by atoms with E-state index in [1.165, 1.54) is 10.4 Å². The molecule has 0 spiro atoms. The molecule has 2 unspecified atom stereocenters. The molecule has 2 atom stereocenters. The molecule has 1 aliphatic heterocycles. The van der Waals surface area contributed by atoms with Crippen molar-refractivity contribution in [3.8, 4) is 5.75 Å². The van der Waals surface area contributed by atoms with Crippen LogP contribution < -0.4 is 10.5 Å². The molecule has 2 N–H and O–H groups in total. The van der Waals surface area contributed by atoms with Crippen LogP contribution in [-0.4, -0.2) is 51.7 Å². The van der Waals surface area contributed by atoms with Crippen LogP contribution in [0.25, 0.3) is 0 Å². The number of methoxy groups -OCH3 is 1. The van der Waals surface area contributed by atoms with E-state index in [1.54, 1.807) is 19.2 Å². The number of sulfonamides is 1. The Morgan fingerprint density at radius 1 is 1.48 bits per heavy atom. The number of nitrogens with zero attached hydrogens (tertiary/aromatic N) is 1. The van der Waals surface area contributed by atoms with Gasteiger partial charge in [0.05, 0.1) is 6.61 Å². The predicted molar refractivity (Wildman–Crippen MR) is 89.4 cm³/mol. The molecule has 0 aromatic heterocycles. The highest BCUT2D eigenvalue weighted by molar-refractivity contribution is 7.89. The van der Waals surface area contributed by atoms with Gasteiger partial charge < -0.3 is 15.2 Å². The number of nitrogens with two attached hydrogens (primary N) is 1. The SMILES string of the molecule is COCC(C)Oc1ccc(Cl)cc1S(=O)(=O)N1CCCC(N)C1. The number of rotatable bonds is 6. The van der Waals surface area contributed by atoms with Crippen LogP contribution in [0.4, 0.5) is 0 Å². The summed E-state index contributed by atoms with van der Waals surface area (Å²) in [5.74, 6) is 0.276. The topological polar surface area (TPSA) is 81.9 Å². The number of hydrogen-bond acceptors (Lipinski definition) is 5. The van der Waals surface area contributed by atoms with Crippen LogP contribution in [0.15, 0.2) is 23.1 Å². The number of benzene rings is 1. The second-order valence-electron chi connectivity index (χ2n) is 5.74. The first-order valence-corrected chi connectivity index (χ1v) is 9.37. The summed E-state index contributed by atoms with van der Waals surface area (Å²) < 4.78 is 38.0. The Bertz CT molecular complexity index is 638. The lowest BCUT2D eigenvalue weighted by Gasteiger charge is -2.30. The van der Waals surface area contributed by atoms with Crippen molar-refractivity contribution in [1.82, 2.24) is 4.31 Å². The molecule has 130 valence electrons. The molecule has 1 aromatic carbocycles. The predicted octanol–water partition coefficient (Wildman–Crippen LogP) is 1.87. The van der Waals surface area contributed by atoms with Crippen LogP contribution in [0.1, 0.15) is 19.8 Å². The van der Waals surface area contributed by atoms with Crippen molar-refractivity contribution in [2.45, 2.75) is 36.8 Å². The summed E-state index contributed by atoms with van der Waals surface area (Å²) in [4.78, 5) is 0.0713. The maximum absolute atomic E-state index is 12.9. The maximum atomic E-state index is 12.9. The van der Waals surface area contributed by atoms with Gasteiger partial charge in [0.1, 0.15) is 16.7 Å². The van der Waals surface area contributed by atoms with Crippen molar-refractivity contribution in [2.24, 2.45) is 5.73 Å². The van der Waals surface area contributed by atoms with Crippen molar-refractivity contribution in [3.05, 3.63) is 23.2 Å². The average molecular weight is 363 g/mol. The van der Waals surface area contributed by atoms with Gasteiger partial charge in [0.25, 0.3) is 0 Å². The van der Waals surface area contributed by atoms with Gasteiger partial charge in [0, 0.05) is 31.3 Å². The van der Waals surface area contributed by atoms with Crippen molar-refractivity contribution >= 4 is 21.6 Å². The fourth-order valence-electron chi connectivity index (χ4n) is 2.60. The van der Waals surface area contributed by atoms with Crippen LogP contribution in [0.2, 0.25) is 5.02 Å². The van der Waals surface area contributed by atoms with E-state index in [9.17, 15) is 8.42 Å². The lowest BCUT2D eigenvalue weighted by molar-refractivity contribution is 0.0900. The third-order valence-corrected chi connectivity index (χ3v) is 5.80. The van der Waals surface area contributed by atoms with Gasteiger partial charge in [-0.1, -0.05) is 11.6 Å². The summed E-state index contributed by atoms with van der Waals surface area (Å²) >= 11 is 6.00. The van der Waals surface area contributed by atoms with Crippen molar-refractivity contribution < 1.29 is 17.9 Å². The van der Waals surface area contributed by atoms with Gasteiger partial charge in [0.15, 0.2) is 0 Å². The smallest absolute Gasteiger partial charge is 0.246 e. The Labute approximate surface area is 142 Å². The zero-order valence-corrected chi connectivity index (χ0v) is 14.9. The van der Waals surface area contributed by atoms with Crippen molar-refractivity contribution in [1.29, 1.82) is 0 Å². The van der Waals surface area contributed by atoms with Gasteiger partial charge in [-0.25, -0.2) is 8.42 Å². The molecular formula is C15H23ClN2O4S. The second kappa shape index (κ2) is 7.81. The molecule has 1 aliphatic rings. The first kappa shape index (κ1) is 18.5. The average Bonchev–Trinajstić information content (AvgIpc) is 2.49. The molecule has 6 nitrogen and oxygen atoms in total. The Kier molecular flexibility index (Phi) is 6.27. The lowest BCUT2D eigenvalue weighted by atomic mass is 10.1. The Balaban J connectivity index is 2.34. The monoisotopic (exact) mass is 362 g/mol. The molecular weight excluding hydrogens is 340 g/mol. The highest BCUT2D eigenvalue weighted by Crippen LogP contribution is 2.31. The van der Waals surface area contributed by atoms with E-state index >= 15 is 0 Å². The molecule has 23 heavy (non-hydrogen) atoms. The molecule has 1 saturated heterocycles. The van der Waals surface area contributed by atoms with Crippen LogP contribution in [0.5, 0.6) is 5.75 Å². The van der Waals surface area contributed by atoms with Crippen LogP contribution in [0, 0.1) is 0 Å². The largest absolute Gasteiger partial charge is 0.487 e. The third-order valence-electron chi connectivity index (χ3n) is 3.67. The molecule has 0 amide bonds. The fourth-order valence-corrected chi connectivity index (χ4v) is 4.52. The van der Waals surface area contributed by atoms with E-state index in [1.807, 2.05) is 6.92 Å². The normalized spacial score (nSPS) is 21.1. The molecule has 2 rings (SSSR count). The highest BCUT2D eigenvalue weighted by atomic mass is 35.5. The first-order valence-electron chi connectivity index (χ1n) is 7.55. The zero-order valence-electron chi connectivity index (χ0n) is 13.4. The zero-order chi connectivity index (χ0) is 17.0. The van der Waals surface area contributed by atoms with Crippen LogP contribution in [-0.2, 0) is 14.8 Å². The summed E-state index contributed by atoms with van der Waals surface area (Å²) in [6.07, 6.45) is 1.30. The summed E-state index contributed by atoms with van der Waals surface area (Å²) in [6.45, 7) is 2.93. The van der Waals surface area contributed by atoms with E-state index in [0.29, 0.717) is 24.7 Å². The van der Waals surface area contributed by atoms with Gasteiger partial charge in [-0.15, -0.1) is 0 Å². The van der Waals surface area contributed by atoms with Crippen LogP contribution in [0.3, 0.4) is 0 Å². The molecule has 1 fully saturated rings. The summed E-state index contributed by atoms with van der Waals surface area (Å²) in [6, 6.07) is 4.46. The number of piperidine rings is 1. The van der Waals surface area contributed by atoms with Crippen molar-refractivity contribution in [3.63, 3.8) is 0 Å². The third kappa shape index (κ3) is 4.58. The molecule has 0 aliphatic carbocycles.